The van der Waals surface area contributed by atoms with E-state index in [1.54, 1.807) is 0 Å². The molecule has 98 heavy (non-hydrogen) atoms. The number of unbranched alkanes of at least 4 members (excludes halogenated alkanes) is 42. The maximum atomic E-state index is 13.1. The van der Waals surface area contributed by atoms with Crippen LogP contribution in [0.4, 0.5) is 0 Å². The summed E-state index contributed by atoms with van der Waals surface area (Å²) in [6, 6.07) is 0. The van der Waals surface area contributed by atoms with Gasteiger partial charge in [0.15, 0.2) is 12.2 Å². The summed E-state index contributed by atoms with van der Waals surface area (Å²) in [7, 11) is -9.92. The molecule has 0 saturated heterocycles. The number of carbonyl (C=O) groups excluding carboxylic acids is 4. The molecule has 0 aliphatic heterocycles. The van der Waals surface area contributed by atoms with E-state index in [9.17, 15) is 43.2 Å². The van der Waals surface area contributed by atoms with E-state index >= 15 is 0 Å². The molecule has 0 saturated carbocycles. The lowest BCUT2D eigenvalue weighted by Crippen LogP contribution is -2.30. The Morgan fingerprint density at radius 3 is 0.633 bits per heavy atom. The molecule has 0 rings (SSSR count). The van der Waals surface area contributed by atoms with Gasteiger partial charge in [-0.15, -0.1) is 0 Å². The first-order valence-electron chi connectivity index (χ1n) is 40.7. The first-order valence-corrected chi connectivity index (χ1v) is 43.7. The average molecular weight is 1440 g/mol. The van der Waals surface area contributed by atoms with Crippen LogP contribution in [0.25, 0.3) is 0 Å². The highest BCUT2D eigenvalue weighted by Gasteiger charge is 2.30. The number of ether oxygens (including phenoxy) is 4. The molecule has 0 aromatic heterocycles. The smallest absolute Gasteiger partial charge is 0.462 e. The summed E-state index contributed by atoms with van der Waals surface area (Å²) in [6.45, 7) is 14.2. The van der Waals surface area contributed by atoms with Crippen LogP contribution >= 0.6 is 15.6 Å². The van der Waals surface area contributed by atoms with Crippen molar-refractivity contribution in [2.75, 3.05) is 39.6 Å². The van der Waals surface area contributed by atoms with Gasteiger partial charge in [-0.2, -0.15) is 0 Å². The van der Waals surface area contributed by atoms with Gasteiger partial charge in [-0.05, 0) is 49.4 Å². The molecule has 17 nitrogen and oxygen atoms in total. The minimum atomic E-state index is -4.96. The van der Waals surface area contributed by atoms with Gasteiger partial charge < -0.3 is 33.8 Å². The monoisotopic (exact) mass is 1440 g/mol. The minimum absolute atomic E-state index is 0.105. The standard InChI is InChI=1S/C79H154O17P2/c1-69(2)55-47-39-31-24-18-15-13-11-9-10-12-14-16-20-28-36-45-53-61-78(83)95-74(65-89-76(81)59-51-43-35-27-23-22-26-33-41-49-57-71(5)6)67-93-97(85,86)91-63-73(80)64-92-98(87,88)94-68-75(66-90-77(82)60-52-44-38-30-34-42-50-58-72(7)8)96-79(84)62-54-46-37-29-21-17-19-25-32-40-48-56-70(3)4/h69-75,80H,9-68H2,1-8H3,(H,85,86)(H,87,88)/t73?,74-,75-/m1/s1. The predicted octanol–water partition coefficient (Wildman–Crippen LogP) is 23.2. The Kier molecular flexibility index (Phi) is 66.8. The predicted molar refractivity (Wildman–Crippen MR) is 400 cm³/mol. The van der Waals surface area contributed by atoms with Gasteiger partial charge in [-0.25, -0.2) is 9.13 Å². The Hall–Kier alpha value is -1.94. The van der Waals surface area contributed by atoms with Gasteiger partial charge in [0, 0.05) is 25.7 Å². The summed E-state index contributed by atoms with van der Waals surface area (Å²) in [5, 5.41) is 10.6. The summed E-state index contributed by atoms with van der Waals surface area (Å²) in [5.74, 6) is 0.931. The molecule has 0 bridgehead atoms. The van der Waals surface area contributed by atoms with Crippen molar-refractivity contribution >= 4 is 39.5 Å². The quantitative estimate of drug-likeness (QED) is 0.0222. The van der Waals surface area contributed by atoms with Crippen LogP contribution < -0.4 is 0 Å². The third kappa shape index (κ3) is 72.4. The van der Waals surface area contributed by atoms with Crippen molar-refractivity contribution in [3.8, 4) is 0 Å². The molecule has 0 fully saturated rings. The van der Waals surface area contributed by atoms with Crippen LogP contribution in [0.1, 0.15) is 402 Å². The molecule has 0 heterocycles. The van der Waals surface area contributed by atoms with E-state index < -0.39 is 97.5 Å². The maximum absolute atomic E-state index is 13.1. The van der Waals surface area contributed by atoms with Gasteiger partial charge in [0.1, 0.15) is 19.3 Å². The Morgan fingerprint density at radius 1 is 0.255 bits per heavy atom. The number of hydrogen-bond acceptors (Lipinski definition) is 15. The second kappa shape index (κ2) is 68.2. The van der Waals surface area contributed by atoms with Gasteiger partial charge in [-0.1, -0.05) is 351 Å². The molecule has 0 aromatic rings. The fraction of sp³-hybridized carbons (Fsp3) is 0.949. The van der Waals surface area contributed by atoms with Gasteiger partial charge >= 0.3 is 39.5 Å². The van der Waals surface area contributed by atoms with Gasteiger partial charge in [0.2, 0.25) is 0 Å². The lowest BCUT2D eigenvalue weighted by molar-refractivity contribution is -0.161. The van der Waals surface area contributed by atoms with Crippen LogP contribution in [0.2, 0.25) is 0 Å². The van der Waals surface area contributed by atoms with Crippen LogP contribution in [0.15, 0.2) is 0 Å². The number of esters is 4. The van der Waals surface area contributed by atoms with Crippen LogP contribution in [-0.2, 0) is 65.4 Å². The van der Waals surface area contributed by atoms with Crippen LogP contribution in [-0.4, -0.2) is 96.7 Å². The van der Waals surface area contributed by atoms with Gasteiger partial charge in [0.05, 0.1) is 26.4 Å². The summed E-state index contributed by atoms with van der Waals surface area (Å²) < 4.78 is 68.6. The normalized spacial score (nSPS) is 14.1. The molecule has 0 spiro atoms. The number of aliphatic hydroxyl groups is 1. The molecule has 582 valence electrons. The summed E-state index contributed by atoms with van der Waals surface area (Å²) in [4.78, 5) is 72.9. The molecule has 0 aromatic carbocycles. The Bertz CT molecular complexity index is 1920. The van der Waals surface area contributed by atoms with E-state index in [1.807, 2.05) is 0 Å². The molecule has 3 unspecified atom stereocenters. The molecule has 0 radical (unpaired) electrons. The first-order chi connectivity index (χ1) is 47.1. The van der Waals surface area contributed by atoms with Crippen molar-refractivity contribution in [2.45, 2.75) is 420 Å². The Morgan fingerprint density at radius 2 is 0.429 bits per heavy atom. The van der Waals surface area contributed by atoms with Gasteiger partial charge in [-0.3, -0.25) is 37.3 Å². The zero-order valence-electron chi connectivity index (χ0n) is 64.4. The summed E-state index contributed by atoms with van der Waals surface area (Å²) >= 11 is 0. The second-order valence-corrected chi connectivity index (χ2v) is 33.3. The molecule has 0 aliphatic rings. The SMILES string of the molecule is CC(C)CCCCCCCCCCCCCCCCCCCCC(=O)O[C@H](COC(=O)CCCCCCCCCCCCC(C)C)COP(=O)(O)OCC(O)COP(=O)(O)OC[C@@H](COC(=O)CCCCCCCCCC(C)C)OC(=O)CCCCCCCCCCCCCC(C)C. The lowest BCUT2D eigenvalue weighted by Gasteiger charge is -2.21. The van der Waals surface area contributed by atoms with Crippen LogP contribution in [0, 0.1) is 23.7 Å². The van der Waals surface area contributed by atoms with E-state index in [-0.39, 0.29) is 25.7 Å². The lowest BCUT2D eigenvalue weighted by atomic mass is 10.0. The van der Waals surface area contributed by atoms with E-state index in [2.05, 4.69) is 55.4 Å². The highest BCUT2D eigenvalue weighted by atomic mass is 31.2. The first kappa shape index (κ1) is 96.1. The Labute approximate surface area is 600 Å². The molecule has 5 atom stereocenters. The number of aliphatic hydroxyl groups excluding tert-OH is 1. The number of hydrogen-bond donors (Lipinski definition) is 3. The van der Waals surface area contributed by atoms with Crippen molar-refractivity contribution in [1.82, 2.24) is 0 Å². The van der Waals surface area contributed by atoms with Crippen molar-refractivity contribution in [3.05, 3.63) is 0 Å². The Balaban J connectivity index is 5.21. The number of phosphoric ester groups is 2. The molecular weight excluding hydrogens is 1280 g/mol. The van der Waals surface area contributed by atoms with E-state index in [1.165, 1.54) is 199 Å². The third-order valence-electron chi connectivity index (χ3n) is 18.3. The van der Waals surface area contributed by atoms with Crippen LogP contribution in [0.5, 0.6) is 0 Å². The second-order valence-electron chi connectivity index (χ2n) is 30.4. The number of phosphoric acid groups is 2. The molecule has 3 N–H and O–H groups in total. The molecular formula is C79H154O17P2. The van der Waals surface area contributed by atoms with Crippen molar-refractivity contribution in [3.63, 3.8) is 0 Å². The highest BCUT2D eigenvalue weighted by Crippen LogP contribution is 2.45. The van der Waals surface area contributed by atoms with E-state index in [4.69, 9.17) is 37.0 Å². The topological polar surface area (TPSA) is 237 Å². The largest absolute Gasteiger partial charge is 0.472 e. The minimum Gasteiger partial charge on any atom is -0.462 e. The average Bonchev–Trinajstić information content (AvgIpc) is 1.12. The fourth-order valence-corrected chi connectivity index (χ4v) is 13.7. The van der Waals surface area contributed by atoms with E-state index in [0.29, 0.717) is 31.6 Å². The number of carbonyl (C=O) groups is 4. The maximum Gasteiger partial charge on any atom is 0.472 e. The van der Waals surface area contributed by atoms with Crippen molar-refractivity contribution < 1.29 is 80.2 Å². The van der Waals surface area contributed by atoms with Gasteiger partial charge in [0.25, 0.3) is 0 Å². The van der Waals surface area contributed by atoms with Crippen molar-refractivity contribution in [2.24, 2.45) is 23.7 Å². The molecule has 19 heteroatoms. The summed E-state index contributed by atoms with van der Waals surface area (Å²) in [5.41, 5.74) is 0. The number of rotatable bonds is 76. The highest BCUT2D eigenvalue weighted by molar-refractivity contribution is 7.47. The fourth-order valence-electron chi connectivity index (χ4n) is 12.1. The summed E-state index contributed by atoms with van der Waals surface area (Å²) in [6.07, 6.45) is 54.3. The van der Waals surface area contributed by atoms with E-state index in [0.717, 1.165) is 114 Å². The third-order valence-corrected chi connectivity index (χ3v) is 20.2. The zero-order valence-corrected chi connectivity index (χ0v) is 66.2. The van der Waals surface area contributed by atoms with Crippen molar-refractivity contribution in [1.29, 1.82) is 0 Å². The van der Waals surface area contributed by atoms with Crippen LogP contribution in [0.3, 0.4) is 0 Å². The molecule has 0 amide bonds. The molecule has 0 aliphatic carbocycles. The zero-order chi connectivity index (χ0) is 72.4.